The first kappa shape index (κ1) is 16.1. The molecule has 0 bridgehead atoms. The van der Waals surface area contributed by atoms with Crippen LogP contribution in [0.2, 0.25) is 0 Å². The molecule has 0 atom stereocenters. The molecule has 114 valence electrons. The molecule has 0 saturated heterocycles. The zero-order valence-electron chi connectivity index (χ0n) is 13.2. The molecule has 1 aromatic carbocycles. The van der Waals surface area contributed by atoms with Crippen LogP contribution in [-0.2, 0) is 20.0 Å². The number of imidazole rings is 1. The predicted octanol–water partition coefficient (Wildman–Crippen LogP) is 3.50. The van der Waals surface area contributed by atoms with Crippen LogP contribution >= 0.6 is 11.8 Å². The first-order valence-electron chi connectivity index (χ1n) is 7.54. The van der Waals surface area contributed by atoms with Crippen molar-refractivity contribution in [3.63, 3.8) is 0 Å². The minimum atomic E-state index is 0.700. The molecule has 0 saturated carbocycles. The summed E-state index contributed by atoms with van der Waals surface area (Å²) in [7, 11) is 2.05. The van der Waals surface area contributed by atoms with Crippen molar-refractivity contribution in [2.24, 2.45) is 13.0 Å². The Labute approximate surface area is 132 Å². The maximum atomic E-state index is 4.35. The van der Waals surface area contributed by atoms with Crippen molar-refractivity contribution in [2.75, 3.05) is 12.3 Å². The molecule has 0 fully saturated rings. The highest BCUT2D eigenvalue weighted by Crippen LogP contribution is 2.19. The van der Waals surface area contributed by atoms with Gasteiger partial charge in [0.25, 0.3) is 0 Å². The highest BCUT2D eigenvalue weighted by molar-refractivity contribution is 7.99. The lowest BCUT2D eigenvalue weighted by molar-refractivity contribution is 0.552. The lowest BCUT2D eigenvalue weighted by atomic mass is 10.2. The number of nitrogens with one attached hydrogen (secondary N) is 1. The number of nitrogens with zero attached hydrogens (tertiary/aromatic N) is 2. The highest BCUT2D eigenvalue weighted by Gasteiger charge is 2.01. The molecular weight excluding hydrogens is 278 g/mol. The third kappa shape index (κ3) is 5.56. The zero-order valence-corrected chi connectivity index (χ0v) is 14.0. The van der Waals surface area contributed by atoms with E-state index in [4.69, 9.17) is 0 Å². The van der Waals surface area contributed by atoms with E-state index in [0.717, 1.165) is 31.1 Å². The topological polar surface area (TPSA) is 29.9 Å². The summed E-state index contributed by atoms with van der Waals surface area (Å²) in [6, 6.07) is 8.87. The van der Waals surface area contributed by atoms with Gasteiger partial charge in [0, 0.05) is 43.1 Å². The normalized spacial score (nSPS) is 11.2. The van der Waals surface area contributed by atoms with Crippen molar-refractivity contribution in [3.05, 3.63) is 48.0 Å². The number of aryl methyl sites for hydroxylation is 2. The molecule has 0 aliphatic carbocycles. The Balaban J connectivity index is 1.73. The SMILES string of the molecule is CC(C)CNCc1ccc(SCCc2nccn2C)cc1. The van der Waals surface area contributed by atoms with Gasteiger partial charge in [0.2, 0.25) is 0 Å². The number of aromatic nitrogens is 2. The van der Waals surface area contributed by atoms with E-state index in [1.54, 1.807) is 0 Å². The molecule has 21 heavy (non-hydrogen) atoms. The van der Waals surface area contributed by atoms with E-state index in [2.05, 4.69) is 53.0 Å². The van der Waals surface area contributed by atoms with Crippen molar-refractivity contribution in [2.45, 2.75) is 31.7 Å². The lowest BCUT2D eigenvalue weighted by Gasteiger charge is -2.08. The summed E-state index contributed by atoms with van der Waals surface area (Å²) in [5, 5.41) is 3.47. The predicted molar refractivity (Wildman–Crippen MR) is 90.6 cm³/mol. The number of hydrogen-bond donors (Lipinski definition) is 1. The largest absolute Gasteiger partial charge is 0.338 e. The molecule has 0 spiro atoms. The Morgan fingerprint density at radius 2 is 2.00 bits per heavy atom. The molecule has 0 amide bonds. The summed E-state index contributed by atoms with van der Waals surface area (Å²) < 4.78 is 2.09. The van der Waals surface area contributed by atoms with Crippen LogP contribution in [0, 0.1) is 5.92 Å². The van der Waals surface area contributed by atoms with Gasteiger partial charge in [-0.15, -0.1) is 11.8 Å². The van der Waals surface area contributed by atoms with Gasteiger partial charge < -0.3 is 9.88 Å². The zero-order chi connectivity index (χ0) is 15.1. The highest BCUT2D eigenvalue weighted by atomic mass is 32.2. The Morgan fingerprint density at radius 3 is 2.62 bits per heavy atom. The molecule has 4 heteroatoms. The van der Waals surface area contributed by atoms with Crippen molar-refractivity contribution >= 4 is 11.8 Å². The quantitative estimate of drug-likeness (QED) is 0.757. The van der Waals surface area contributed by atoms with Crippen LogP contribution in [0.4, 0.5) is 0 Å². The van der Waals surface area contributed by atoms with Crippen LogP contribution in [0.3, 0.4) is 0 Å². The minimum absolute atomic E-state index is 0.700. The van der Waals surface area contributed by atoms with Gasteiger partial charge in [-0.25, -0.2) is 4.98 Å². The Morgan fingerprint density at radius 1 is 1.24 bits per heavy atom. The maximum Gasteiger partial charge on any atom is 0.109 e. The standard InChI is InChI=1S/C17H25N3S/c1-14(2)12-18-13-15-4-6-16(7-5-15)21-11-8-17-19-9-10-20(17)3/h4-7,9-10,14,18H,8,11-13H2,1-3H3. The van der Waals surface area contributed by atoms with E-state index in [1.807, 2.05) is 31.2 Å². The third-order valence-electron chi connectivity index (χ3n) is 3.32. The second-order valence-corrected chi connectivity index (χ2v) is 6.89. The van der Waals surface area contributed by atoms with Crippen molar-refractivity contribution < 1.29 is 0 Å². The van der Waals surface area contributed by atoms with Crippen molar-refractivity contribution in [3.8, 4) is 0 Å². The van der Waals surface area contributed by atoms with E-state index in [1.165, 1.54) is 10.5 Å². The van der Waals surface area contributed by atoms with Crippen LogP contribution < -0.4 is 5.32 Å². The number of benzene rings is 1. The third-order valence-corrected chi connectivity index (χ3v) is 4.33. The number of thioether (sulfide) groups is 1. The molecular formula is C17H25N3S. The van der Waals surface area contributed by atoms with Crippen molar-refractivity contribution in [1.82, 2.24) is 14.9 Å². The monoisotopic (exact) mass is 303 g/mol. The summed E-state index contributed by atoms with van der Waals surface area (Å²) in [6.45, 7) is 6.49. The molecule has 1 N–H and O–H groups in total. The van der Waals surface area contributed by atoms with Crippen molar-refractivity contribution in [1.29, 1.82) is 0 Å². The second-order valence-electron chi connectivity index (χ2n) is 5.72. The molecule has 0 aliphatic heterocycles. The smallest absolute Gasteiger partial charge is 0.109 e. The Hall–Kier alpha value is -1.26. The van der Waals surface area contributed by atoms with Crippen LogP contribution in [0.1, 0.15) is 25.2 Å². The molecule has 2 aromatic rings. The van der Waals surface area contributed by atoms with Crippen LogP contribution in [0.25, 0.3) is 0 Å². The summed E-state index contributed by atoms with van der Waals surface area (Å²) in [5.41, 5.74) is 1.35. The van der Waals surface area contributed by atoms with Crippen LogP contribution in [-0.4, -0.2) is 21.8 Å². The molecule has 0 aliphatic rings. The summed E-state index contributed by atoms with van der Waals surface area (Å²) >= 11 is 1.89. The van der Waals surface area contributed by atoms with Gasteiger partial charge >= 0.3 is 0 Å². The fourth-order valence-corrected chi connectivity index (χ4v) is 2.96. The fraction of sp³-hybridized carbons (Fsp3) is 0.471. The second kappa shape index (κ2) is 8.25. The Kier molecular flexibility index (Phi) is 6.33. The van der Waals surface area contributed by atoms with Gasteiger partial charge in [-0.3, -0.25) is 0 Å². The molecule has 1 heterocycles. The molecule has 0 unspecified atom stereocenters. The van der Waals surface area contributed by atoms with Gasteiger partial charge in [0.15, 0.2) is 0 Å². The van der Waals surface area contributed by atoms with E-state index >= 15 is 0 Å². The maximum absolute atomic E-state index is 4.35. The molecule has 0 radical (unpaired) electrons. The number of rotatable bonds is 8. The van der Waals surface area contributed by atoms with Gasteiger partial charge in [-0.05, 0) is 30.2 Å². The Bertz CT molecular complexity index is 531. The molecule has 2 rings (SSSR count). The molecule has 1 aromatic heterocycles. The summed E-state index contributed by atoms with van der Waals surface area (Å²) in [4.78, 5) is 5.68. The van der Waals surface area contributed by atoms with E-state index in [0.29, 0.717) is 5.92 Å². The van der Waals surface area contributed by atoms with Gasteiger partial charge in [-0.2, -0.15) is 0 Å². The van der Waals surface area contributed by atoms with Crippen LogP contribution in [0.5, 0.6) is 0 Å². The van der Waals surface area contributed by atoms with Gasteiger partial charge in [0.1, 0.15) is 5.82 Å². The average molecular weight is 303 g/mol. The summed E-state index contributed by atoms with van der Waals surface area (Å²) in [5.74, 6) is 2.92. The first-order chi connectivity index (χ1) is 10.1. The van der Waals surface area contributed by atoms with E-state index in [9.17, 15) is 0 Å². The molecule has 3 nitrogen and oxygen atoms in total. The van der Waals surface area contributed by atoms with Gasteiger partial charge in [-0.1, -0.05) is 26.0 Å². The minimum Gasteiger partial charge on any atom is -0.338 e. The summed E-state index contributed by atoms with van der Waals surface area (Å²) in [6.07, 6.45) is 4.86. The average Bonchev–Trinajstić information content (AvgIpc) is 2.86. The lowest BCUT2D eigenvalue weighted by Crippen LogP contribution is -2.18. The van der Waals surface area contributed by atoms with Gasteiger partial charge in [0.05, 0.1) is 0 Å². The van der Waals surface area contributed by atoms with E-state index in [-0.39, 0.29) is 0 Å². The van der Waals surface area contributed by atoms with E-state index < -0.39 is 0 Å². The first-order valence-corrected chi connectivity index (χ1v) is 8.52. The fourth-order valence-electron chi connectivity index (χ4n) is 2.11. The van der Waals surface area contributed by atoms with Crippen LogP contribution in [0.15, 0.2) is 41.6 Å². The number of hydrogen-bond acceptors (Lipinski definition) is 3.